The van der Waals surface area contributed by atoms with E-state index in [1.165, 1.54) is 0 Å². The molecule has 2 aliphatic heterocycles. The largest absolute Gasteiger partial charge is 0.486 e. The Bertz CT molecular complexity index is 1080. The third-order valence-corrected chi connectivity index (χ3v) is 5.92. The van der Waals surface area contributed by atoms with Crippen molar-refractivity contribution in [3.63, 3.8) is 0 Å². The average Bonchev–Trinajstić information content (AvgIpc) is 2.72. The van der Waals surface area contributed by atoms with Gasteiger partial charge in [0.25, 0.3) is 0 Å². The molecule has 0 radical (unpaired) electrons. The van der Waals surface area contributed by atoms with E-state index >= 15 is 0 Å². The molecular weight excluding hydrogens is 486 g/mol. The number of aliphatic imine (C=N–C) groups is 1. The minimum absolute atomic E-state index is 0.293. The first-order valence-electron chi connectivity index (χ1n) is 8.88. The number of hydrogen-bond acceptors (Lipinski definition) is 4. The molecule has 5 rings (SSSR count). The van der Waals surface area contributed by atoms with Crippen LogP contribution in [0.3, 0.4) is 0 Å². The standard InChI is InChI=1S/C22H15Br2NO3/c23-14-7-5-13(6-8-14)21-16-11-19-20(27-10-9-26-19)12-18(16)25-22(28-21)15-3-1-2-4-17(15)24/h1-8,11-12,21H,9-10H2/t21-/m1/s1. The van der Waals surface area contributed by atoms with Gasteiger partial charge in [-0.25, -0.2) is 4.99 Å². The van der Waals surface area contributed by atoms with E-state index < -0.39 is 0 Å². The highest BCUT2D eigenvalue weighted by atomic mass is 79.9. The third-order valence-electron chi connectivity index (χ3n) is 4.70. The molecule has 2 heterocycles. The minimum Gasteiger partial charge on any atom is -0.486 e. The van der Waals surface area contributed by atoms with E-state index in [-0.39, 0.29) is 6.10 Å². The first-order chi connectivity index (χ1) is 13.7. The Morgan fingerprint density at radius 2 is 1.57 bits per heavy atom. The molecule has 0 amide bonds. The predicted molar refractivity (Wildman–Crippen MR) is 115 cm³/mol. The average molecular weight is 501 g/mol. The van der Waals surface area contributed by atoms with E-state index in [0.717, 1.165) is 42.8 Å². The van der Waals surface area contributed by atoms with E-state index in [1.54, 1.807) is 0 Å². The minimum atomic E-state index is -0.293. The van der Waals surface area contributed by atoms with E-state index in [0.29, 0.717) is 19.1 Å². The van der Waals surface area contributed by atoms with Gasteiger partial charge in [-0.2, -0.15) is 0 Å². The molecule has 3 aromatic rings. The molecular formula is C22H15Br2NO3. The first kappa shape index (κ1) is 17.8. The molecule has 140 valence electrons. The molecule has 1 atom stereocenters. The molecule has 0 fully saturated rings. The number of ether oxygens (including phenoxy) is 3. The van der Waals surface area contributed by atoms with Crippen molar-refractivity contribution in [2.24, 2.45) is 4.99 Å². The van der Waals surface area contributed by atoms with Crippen molar-refractivity contribution >= 4 is 43.4 Å². The molecule has 0 unspecified atom stereocenters. The maximum atomic E-state index is 6.41. The fraction of sp³-hybridized carbons (Fsp3) is 0.136. The van der Waals surface area contributed by atoms with Crippen LogP contribution in [0.25, 0.3) is 0 Å². The van der Waals surface area contributed by atoms with Crippen LogP contribution in [0, 0.1) is 0 Å². The topological polar surface area (TPSA) is 40.0 Å². The molecule has 3 aromatic carbocycles. The van der Waals surface area contributed by atoms with Crippen molar-refractivity contribution in [1.29, 1.82) is 0 Å². The number of fused-ring (bicyclic) bond motifs is 2. The van der Waals surface area contributed by atoms with Crippen molar-refractivity contribution in [3.8, 4) is 11.5 Å². The van der Waals surface area contributed by atoms with Crippen molar-refractivity contribution < 1.29 is 14.2 Å². The molecule has 28 heavy (non-hydrogen) atoms. The highest BCUT2D eigenvalue weighted by Gasteiger charge is 2.30. The fourth-order valence-corrected chi connectivity index (χ4v) is 4.07. The molecule has 6 heteroatoms. The van der Waals surface area contributed by atoms with Crippen molar-refractivity contribution in [2.45, 2.75) is 6.10 Å². The smallest absolute Gasteiger partial charge is 0.223 e. The zero-order valence-corrected chi connectivity index (χ0v) is 17.9. The van der Waals surface area contributed by atoms with Gasteiger partial charge in [-0.15, -0.1) is 0 Å². The quantitative estimate of drug-likeness (QED) is 0.421. The molecule has 0 N–H and O–H groups in total. The van der Waals surface area contributed by atoms with Crippen LogP contribution in [0.1, 0.15) is 22.8 Å². The lowest BCUT2D eigenvalue weighted by molar-refractivity contribution is 0.170. The van der Waals surface area contributed by atoms with Gasteiger partial charge in [0.2, 0.25) is 5.90 Å². The summed E-state index contributed by atoms with van der Waals surface area (Å²) in [4.78, 5) is 4.80. The number of hydrogen-bond donors (Lipinski definition) is 0. The predicted octanol–water partition coefficient (Wildman–Crippen LogP) is 6.18. The summed E-state index contributed by atoms with van der Waals surface area (Å²) in [5.41, 5.74) is 3.74. The number of halogens is 2. The number of benzene rings is 3. The lowest BCUT2D eigenvalue weighted by Crippen LogP contribution is -2.20. The van der Waals surface area contributed by atoms with Crippen LogP contribution in [0.15, 0.2) is 74.6 Å². The number of rotatable bonds is 2. The van der Waals surface area contributed by atoms with Gasteiger partial charge in [0.1, 0.15) is 13.2 Å². The van der Waals surface area contributed by atoms with Crippen molar-refractivity contribution in [2.75, 3.05) is 13.2 Å². The molecule has 0 bridgehead atoms. The Kier molecular flexibility index (Phi) is 4.61. The second kappa shape index (κ2) is 7.26. The Hall–Kier alpha value is -2.31. The SMILES string of the molecule is Brc1ccc([C@H]2OC(c3ccccc3Br)=Nc3cc4c(cc32)OCCO4)cc1. The van der Waals surface area contributed by atoms with Crippen LogP contribution < -0.4 is 9.47 Å². The summed E-state index contributed by atoms with van der Waals surface area (Å²) >= 11 is 7.11. The second-order valence-corrected chi connectivity index (χ2v) is 8.27. The molecule has 0 aromatic heterocycles. The normalized spacial score (nSPS) is 17.4. The summed E-state index contributed by atoms with van der Waals surface area (Å²) in [5, 5.41) is 0. The fourth-order valence-electron chi connectivity index (χ4n) is 3.36. The summed E-state index contributed by atoms with van der Waals surface area (Å²) in [5.74, 6) is 2.02. The number of nitrogens with zero attached hydrogens (tertiary/aromatic N) is 1. The molecule has 4 nitrogen and oxygen atoms in total. The second-order valence-electron chi connectivity index (χ2n) is 6.50. The highest BCUT2D eigenvalue weighted by Crippen LogP contribution is 2.45. The summed E-state index contributed by atoms with van der Waals surface area (Å²) < 4.78 is 19.9. The van der Waals surface area contributed by atoms with Crippen LogP contribution in [0.4, 0.5) is 5.69 Å². The summed E-state index contributed by atoms with van der Waals surface area (Å²) in [6.45, 7) is 1.08. The molecule has 0 saturated carbocycles. The van der Waals surface area contributed by atoms with Crippen LogP contribution in [0.2, 0.25) is 0 Å². The monoisotopic (exact) mass is 499 g/mol. The van der Waals surface area contributed by atoms with Crippen molar-refractivity contribution in [1.82, 2.24) is 0 Å². The van der Waals surface area contributed by atoms with Gasteiger partial charge in [0, 0.05) is 20.6 Å². The van der Waals surface area contributed by atoms with Gasteiger partial charge in [-0.3, -0.25) is 0 Å². The van der Waals surface area contributed by atoms with Gasteiger partial charge < -0.3 is 14.2 Å². The van der Waals surface area contributed by atoms with Crippen LogP contribution in [-0.4, -0.2) is 19.1 Å². The third kappa shape index (κ3) is 3.20. The lowest BCUT2D eigenvalue weighted by atomic mass is 9.97. The summed E-state index contributed by atoms with van der Waals surface area (Å²) in [6, 6.07) is 20.0. The Morgan fingerprint density at radius 3 is 2.32 bits per heavy atom. The molecule has 2 aliphatic rings. The Morgan fingerprint density at radius 1 is 0.857 bits per heavy atom. The highest BCUT2D eigenvalue weighted by molar-refractivity contribution is 9.10. The molecule has 0 saturated heterocycles. The molecule has 0 aliphatic carbocycles. The Labute approximate surface area is 179 Å². The maximum Gasteiger partial charge on any atom is 0.223 e. The summed E-state index contributed by atoms with van der Waals surface area (Å²) in [7, 11) is 0. The Balaban J connectivity index is 1.68. The van der Waals surface area contributed by atoms with Crippen LogP contribution >= 0.6 is 31.9 Å². The van der Waals surface area contributed by atoms with Gasteiger partial charge in [0.05, 0.1) is 11.3 Å². The van der Waals surface area contributed by atoms with Crippen LogP contribution in [0.5, 0.6) is 11.5 Å². The van der Waals surface area contributed by atoms with Gasteiger partial charge in [-0.1, -0.05) is 40.2 Å². The van der Waals surface area contributed by atoms with E-state index in [9.17, 15) is 0 Å². The van der Waals surface area contributed by atoms with Crippen molar-refractivity contribution in [3.05, 3.63) is 86.3 Å². The molecule has 0 spiro atoms. The first-order valence-corrected chi connectivity index (χ1v) is 10.5. The van der Waals surface area contributed by atoms with Gasteiger partial charge in [-0.05, 0) is 51.8 Å². The zero-order chi connectivity index (χ0) is 19.1. The van der Waals surface area contributed by atoms with E-state index in [2.05, 4.69) is 44.0 Å². The zero-order valence-electron chi connectivity index (χ0n) is 14.7. The van der Waals surface area contributed by atoms with E-state index in [4.69, 9.17) is 19.2 Å². The summed E-state index contributed by atoms with van der Waals surface area (Å²) in [6.07, 6.45) is -0.293. The lowest BCUT2D eigenvalue weighted by Gasteiger charge is -2.29. The van der Waals surface area contributed by atoms with Gasteiger partial charge in [0.15, 0.2) is 17.6 Å². The van der Waals surface area contributed by atoms with Gasteiger partial charge >= 0.3 is 0 Å². The van der Waals surface area contributed by atoms with Crippen LogP contribution in [-0.2, 0) is 4.74 Å². The maximum absolute atomic E-state index is 6.41. The van der Waals surface area contributed by atoms with E-state index in [1.807, 2.05) is 48.5 Å².